The molecule has 0 aliphatic rings. The summed E-state index contributed by atoms with van der Waals surface area (Å²) in [5.41, 5.74) is -1.81. The van der Waals surface area contributed by atoms with Crippen molar-refractivity contribution in [3.05, 3.63) is 52.2 Å². The summed E-state index contributed by atoms with van der Waals surface area (Å²) < 4.78 is 53.6. The molecule has 2 N–H and O–H groups in total. The quantitative estimate of drug-likeness (QED) is 0.486. The minimum atomic E-state index is -4.96. The highest BCUT2D eigenvalue weighted by Crippen LogP contribution is 2.39. The van der Waals surface area contributed by atoms with Gasteiger partial charge in [0, 0.05) is 24.4 Å². The molecule has 0 saturated heterocycles. The van der Waals surface area contributed by atoms with Gasteiger partial charge in [-0.2, -0.15) is 13.2 Å². The van der Waals surface area contributed by atoms with E-state index in [2.05, 4.69) is 4.98 Å². The summed E-state index contributed by atoms with van der Waals surface area (Å²) in [6.45, 7) is 0. The second-order valence-corrected chi connectivity index (χ2v) is 6.01. The molecule has 1 heterocycles. The van der Waals surface area contributed by atoms with Crippen LogP contribution in [0.3, 0.4) is 0 Å². The van der Waals surface area contributed by atoms with Crippen LogP contribution in [0.15, 0.2) is 36.5 Å². The molecule has 0 aliphatic heterocycles. The van der Waals surface area contributed by atoms with Crippen molar-refractivity contribution < 1.29 is 37.2 Å². The summed E-state index contributed by atoms with van der Waals surface area (Å²) >= 11 is 0. The summed E-state index contributed by atoms with van der Waals surface area (Å²) in [6, 6.07) is 4.20. The van der Waals surface area contributed by atoms with Crippen LogP contribution in [-0.2, 0) is 10.7 Å². The standard InChI is InChI=1S/C12H8F3N2O6P/c13-12(14,15)7-1-4-11(16-6-7)23-8-2-3-9(17(18)19)10(5-8)24(20,21)22/h1-6H,(H2,20,21,22). The van der Waals surface area contributed by atoms with Crippen LogP contribution in [0.5, 0.6) is 11.6 Å². The van der Waals surface area contributed by atoms with Crippen LogP contribution in [0.25, 0.3) is 0 Å². The van der Waals surface area contributed by atoms with E-state index in [1.807, 2.05) is 0 Å². The number of benzene rings is 1. The van der Waals surface area contributed by atoms with Crippen molar-refractivity contribution in [2.24, 2.45) is 0 Å². The van der Waals surface area contributed by atoms with Crippen LogP contribution < -0.4 is 10.0 Å². The van der Waals surface area contributed by atoms with Crippen molar-refractivity contribution in [3.63, 3.8) is 0 Å². The third kappa shape index (κ3) is 4.07. The first-order valence-corrected chi connectivity index (χ1v) is 7.65. The molecule has 1 aromatic carbocycles. The molecule has 0 bridgehead atoms. The number of alkyl halides is 3. The molecule has 0 aliphatic carbocycles. The van der Waals surface area contributed by atoms with E-state index in [9.17, 15) is 27.9 Å². The Bertz CT molecular complexity index is 819. The lowest BCUT2D eigenvalue weighted by atomic mass is 10.3. The molecule has 8 nitrogen and oxygen atoms in total. The van der Waals surface area contributed by atoms with Crippen molar-refractivity contribution >= 4 is 18.6 Å². The Morgan fingerprint density at radius 1 is 1.21 bits per heavy atom. The number of hydrogen-bond donors (Lipinski definition) is 2. The average Bonchev–Trinajstić information content (AvgIpc) is 2.45. The van der Waals surface area contributed by atoms with E-state index in [1.165, 1.54) is 0 Å². The zero-order chi connectivity index (χ0) is 18.1. The molecular formula is C12H8F3N2O6P. The van der Waals surface area contributed by atoms with Gasteiger partial charge >= 0.3 is 13.8 Å². The van der Waals surface area contributed by atoms with E-state index in [-0.39, 0.29) is 11.6 Å². The van der Waals surface area contributed by atoms with Crippen molar-refractivity contribution in [2.75, 3.05) is 0 Å². The molecule has 0 unspecified atom stereocenters. The average molecular weight is 364 g/mol. The number of nitro groups is 1. The van der Waals surface area contributed by atoms with Gasteiger partial charge in [-0.15, -0.1) is 0 Å². The van der Waals surface area contributed by atoms with Gasteiger partial charge in [-0.1, -0.05) is 0 Å². The summed E-state index contributed by atoms with van der Waals surface area (Å²) in [5, 5.41) is 9.89. The number of nitrogens with zero attached hydrogens (tertiary/aromatic N) is 2. The maximum Gasteiger partial charge on any atom is 0.417 e. The molecule has 24 heavy (non-hydrogen) atoms. The second-order valence-electron chi connectivity index (χ2n) is 4.44. The highest BCUT2D eigenvalue weighted by Gasteiger charge is 2.31. The smallest absolute Gasteiger partial charge is 0.417 e. The molecular weight excluding hydrogens is 356 g/mol. The SMILES string of the molecule is O=[N+]([O-])c1ccc(Oc2ccc(C(F)(F)F)cn2)cc1P(=O)(O)O. The Morgan fingerprint density at radius 2 is 1.88 bits per heavy atom. The highest BCUT2D eigenvalue weighted by molar-refractivity contribution is 7.60. The molecule has 1 aromatic heterocycles. The van der Waals surface area contributed by atoms with E-state index >= 15 is 0 Å². The normalized spacial score (nSPS) is 12.0. The van der Waals surface area contributed by atoms with Gasteiger partial charge in [-0.3, -0.25) is 14.7 Å². The number of halogens is 3. The van der Waals surface area contributed by atoms with Crippen molar-refractivity contribution in [2.45, 2.75) is 6.18 Å². The molecule has 128 valence electrons. The lowest BCUT2D eigenvalue weighted by Gasteiger charge is -2.10. The van der Waals surface area contributed by atoms with Crippen LogP contribution >= 0.6 is 7.60 Å². The third-order valence-corrected chi connectivity index (χ3v) is 3.73. The lowest BCUT2D eigenvalue weighted by Crippen LogP contribution is -2.10. The Hall–Kier alpha value is -2.49. The fourth-order valence-electron chi connectivity index (χ4n) is 1.68. The molecule has 12 heteroatoms. The number of pyridine rings is 1. The fourth-order valence-corrected chi connectivity index (χ4v) is 2.43. The number of nitro benzene ring substituents is 1. The van der Waals surface area contributed by atoms with E-state index in [1.54, 1.807) is 0 Å². The predicted octanol–water partition coefficient (Wildman–Crippen LogP) is 2.60. The fraction of sp³-hybridized carbons (Fsp3) is 0.0833. The minimum absolute atomic E-state index is 0.230. The van der Waals surface area contributed by atoms with Crippen LogP contribution in [0, 0.1) is 10.1 Å². The highest BCUT2D eigenvalue weighted by atomic mass is 31.2. The Kier molecular flexibility index (Phi) is 4.61. The largest absolute Gasteiger partial charge is 0.439 e. The minimum Gasteiger partial charge on any atom is -0.439 e. The number of rotatable bonds is 4. The van der Waals surface area contributed by atoms with Crippen LogP contribution in [0.4, 0.5) is 18.9 Å². The first kappa shape index (κ1) is 17.9. The summed E-state index contributed by atoms with van der Waals surface area (Å²) in [7, 11) is -4.96. The summed E-state index contributed by atoms with van der Waals surface area (Å²) in [6.07, 6.45) is -4.06. The van der Waals surface area contributed by atoms with Crippen molar-refractivity contribution in [1.29, 1.82) is 0 Å². The molecule has 2 rings (SSSR count). The first-order chi connectivity index (χ1) is 11.0. The topological polar surface area (TPSA) is 123 Å². The van der Waals surface area contributed by atoms with Gasteiger partial charge in [0.1, 0.15) is 11.1 Å². The Labute approximate surface area is 131 Å². The molecule has 0 atom stereocenters. The molecule has 0 fully saturated rings. The van der Waals surface area contributed by atoms with Gasteiger partial charge in [-0.25, -0.2) is 4.98 Å². The summed E-state index contributed by atoms with van der Waals surface area (Å²) in [5.74, 6) is -0.514. The molecule has 0 amide bonds. The van der Waals surface area contributed by atoms with Crippen LogP contribution in [0.2, 0.25) is 0 Å². The molecule has 2 aromatic rings. The monoisotopic (exact) mass is 364 g/mol. The zero-order valence-corrected chi connectivity index (χ0v) is 12.4. The van der Waals surface area contributed by atoms with Gasteiger partial charge in [-0.05, 0) is 12.1 Å². The maximum absolute atomic E-state index is 12.4. The lowest BCUT2D eigenvalue weighted by molar-refractivity contribution is -0.383. The number of ether oxygens (including phenoxy) is 1. The third-order valence-electron chi connectivity index (χ3n) is 2.74. The van der Waals surface area contributed by atoms with E-state index in [0.717, 1.165) is 24.3 Å². The maximum atomic E-state index is 12.4. The van der Waals surface area contributed by atoms with Crippen LogP contribution in [-0.4, -0.2) is 19.7 Å². The van der Waals surface area contributed by atoms with Gasteiger partial charge in [0.2, 0.25) is 5.88 Å². The Morgan fingerprint density at radius 3 is 2.33 bits per heavy atom. The molecule has 0 spiro atoms. The van der Waals surface area contributed by atoms with Gasteiger partial charge in [0.25, 0.3) is 5.69 Å². The molecule has 0 saturated carbocycles. The zero-order valence-electron chi connectivity index (χ0n) is 11.5. The Balaban J connectivity index is 2.34. The van der Waals surface area contributed by atoms with Crippen molar-refractivity contribution in [1.82, 2.24) is 4.98 Å². The first-order valence-electron chi connectivity index (χ1n) is 6.04. The van der Waals surface area contributed by atoms with Gasteiger partial charge in [0.15, 0.2) is 0 Å². The predicted molar refractivity (Wildman–Crippen MR) is 74.1 cm³/mol. The number of aromatic nitrogens is 1. The van der Waals surface area contributed by atoms with Crippen molar-refractivity contribution in [3.8, 4) is 11.6 Å². The van der Waals surface area contributed by atoms with E-state index in [0.29, 0.717) is 12.3 Å². The number of hydrogen-bond acceptors (Lipinski definition) is 5. The second kappa shape index (κ2) is 6.19. The van der Waals surface area contributed by atoms with E-state index < -0.39 is 35.3 Å². The molecule has 0 radical (unpaired) electrons. The van der Waals surface area contributed by atoms with Crippen LogP contribution in [0.1, 0.15) is 5.56 Å². The summed E-state index contributed by atoms with van der Waals surface area (Å²) in [4.78, 5) is 31.5. The van der Waals surface area contributed by atoms with Gasteiger partial charge < -0.3 is 14.5 Å². The van der Waals surface area contributed by atoms with E-state index in [4.69, 9.17) is 14.5 Å². The van der Waals surface area contributed by atoms with Gasteiger partial charge in [0.05, 0.1) is 10.5 Å².